The highest BCUT2D eigenvalue weighted by atomic mass is 16.6. The zero-order chi connectivity index (χ0) is 22.1. The van der Waals surface area contributed by atoms with Crippen molar-refractivity contribution >= 4 is 23.0 Å². The molecule has 3 rings (SSSR count). The minimum absolute atomic E-state index is 0.207. The van der Waals surface area contributed by atoms with Crippen molar-refractivity contribution in [2.75, 3.05) is 6.54 Å². The maximum absolute atomic E-state index is 13.0. The number of pyridine rings is 1. The Bertz CT molecular complexity index is 926. The van der Waals surface area contributed by atoms with E-state index in [0.29, 0.717) is 23.9 Å². The van der Waals surface area contributed by atoms with Gasteiger partial charge in [0, 0.05) is 24.7 Å². The summed E-state index contributed by atoms with van der Waals surface area (Å²) in [5, 5.41) is 11.1. The highest BCUT2D eigenvalue weighted by Crippen LogP contribution is 2.39. The lowest BCUT2D eigenvalue weighted by Crippen LogP contribution is -2.55. The molecule has 2 aromatic rings. The molecule has 8 nitrogen and oxygen atoms in total. The molecule has 0 spiro atoms. The highest BCUT2D eigenvalue weighted by Gasteiger charge is 2.43. The first-order valence-electron chi connectivity index (χ1n) is 10.6. The van der Waals surface area contributed by atoms with E-state index in [2.05, 4.69) is 34.6 Å². The first-order chi connectivity index (χ1) is 14.0. The Kier molecular flexibility index (Phi) is 6.06. The van der Waals surface area contributed by atoms with Crippen molar-refractivity contribution in [1.82, 2.24) is 25.4 Å². The molecule has 2 N–H and O–H groups in total. The third-order valence-corrected chi connectivity index (χ3v) is 5.15. The van der Waals surface area contributed by atoms with Crippen molar-refractivity contribution in [3.05, 3.63) is 24.0 Å². The van der Waals surface area contributed by atoms with Gasteiger partial charge in [0.05, 0.1) is 17.3 Å². The van der Waals surface area contributed by atoms with E-state index in [1.54, 1.807) is 12.4 Å². The van der Waals surface area contributed by atoms with Crippen LogP contribution in [0.15, 0.2) is 18.5 Å². The summed E-state index contributed by atoms with van der Waals surface area (Å²) in [6.45, 7) is 12.8. The largest absolute Gasteiger partial charge is 0.444 e. The summed E-state index contributed by atoms with van der Waals surface area (Å²) < 4.78 is 7.18. The molecule has 0 aliphatic heterocycles. The van der Waals surface area contributed by atoms with Gasteiger partial charge in [-0.15, -0.1) is 0 Å². The fourth-order valence-corrected chi connectivity index (χ4v) is 3.49. The molecule has 2 aromatic heterocycles. The molecule has 2 amide bonds. The van der Waals surface area contributed by atoms with Crippen LogP contribution in [0.2, 0.25) is 0 Å². The summed E-state index contributed by atoms with van der Waals surface area (Å²) in [6.07, 6.45) is 4.89. The standard InChI is InChI=1S/C22H33N5O3/c1-14(2)12-27-18-15(11-25-27)9-16(10-23-18)19(28)26-22(6,17-7-8-17)13-24-20(29)30-21(3,4)5/h9-11,14,17H,7-8,12-13H2,1-6H3,(H,24,29)(H,26,28). The van der Waals surface area contributed by atoms with E-state index in [4.69, 9.17) is 4.74 Å². The van der Waals surface area contributed by atoms with Crippen molar-refractivity contribution in [2.45, 2.75) is 72.1 Å². The van der Waals surface area contributed by atoms with E-state index in [9.17, 15) is 9.59 Å². The molecule has 8 heteroatoms. The van der Waals surface area contributed by atoms with Crippen LogP contribution < -0.4 is 10.6 Å². The zero-order valence-electron chi connectivity index (χ0n) is 18.8. The van der Waals surface area contributed by atoms with E-state index in [1.807, 2.05) is 38.4 Å². The minimum Gasteiger partial charge on any atom is -0.444 e. The van der Waals surface area contributed by atoms with Gasteiger partial charge in [-0.05, 0) is 58.4 Å². The lowest BCUT2D eigenvalue weighted by molar-refractivity contribution is 0.0502. The smallest absolute Gasteiger partial charge is 0.407 e. The Morgan fingerprint density at radius 2 is 1.93 bits per heavy atom. The average Bonchev–Trinajstić information content (AvgIpc) is 3.42. The monoisotopic (exact) mass is 415 g/mol. The number of rotatable bonds is 7. The highest BCUT2D eigenvalue weighted by molar-refractivity contribution is 5.97. The molecule has 1 fully saturated rings. The quantitative estimate of drug-likeness (QED) is 0.721. The van der Waals surface area contributed by atoms with E-state index < -0.39 is 17.2 Å². The summed E-state index contributed by atoms with van der Waals surface area (Å²) in [6, 6.07) is 1.82. The molecule has 0 saturated heterocycles. The van der Waals surface area contributed by atoms with Gasteiger partial charge in [0.2, 0.25) is 0 Å². The molecule has 2 heterocycles. The van der Waals surface area contributed by atoms with Gasteiger partial charge in [0.1, 0.15) is 5.60 Å². The Morgan fingerprint density at radius 1 is 1.23 bits per heavy atom. The molecule has 1 saturated carbocycles. The van der Waals surface area contributed by atoms with Crippen LogP contribution in [0.4, 0.5) is 4.79 Å². The first kappa shape index (κ1) is 22.1. The van der Waals surface area contributed by atoms with Gasteiger partial charge in [0.25, 0.3) is 5.91 Å². The molecule has 0 radical (unpaired) electrons. The summed E-state index contributed by atoms with van der Waals surface area (Å²) in [4.78, 5) is 29.5. The summed E-state index contributed by atoms with van der Waals surface area (Å²) in [5.41, 5.74) is 0.141. The molecular weight excluding hydrogens is 382 g/mol. The number of carbonyl (C=O) groups is 2. The third-order valence-electron chi connectivity index (χ3n) is 5.15. The molecular formula is C22H33N5O3. The van der Waals surface area contributed by atoms with Crippen LogP contribution >= 0.6 is 0 Å². The normalized spacial score (nSPS) is 16.4. The van der Waals surface area contributed by atoms with E-state index in [-0.39, 0.29) is 5.91 Å². The third kappa shape index (κ3) is 5.49. The van der Waals surface area contributed by atoms with Crippen LogP contribution in [0.1, 0.15) is 64.7 Å². The lowest BCUT2D eigenvalue weighted by Gasteiger charge is -2.32. The second-order valence-corrected chi connectivity index (χ2v) is 9.86. The minimum atomic E-state index is -0.565. The summed E-state index contributed by atoms with van der Waals surface area (Å²) in [5.74, 6) is 0.567. The molecule has 0 bridgehead atoms. The number of fused-ring (bicyclic) bond motifs is 1. The lowest BCUT2D eigenvalue weighted by atomic mass is 9.95. The first-order valence-corrected chi connectivity index (χ1v) is 10.6. The number of nitrogens with zero attached hydrogens (tertiary/aromatic N) is 3. The number of hydrogen-bond donors (Lipinski definition) is 2. The molecule has 1 atom stereocenters. The van der Waals surface area contributed by atoms with Crippen LogP contribution in [-0.2, 0) is 11.3 Å². The topological polar surface area (TPSA) is 98.1 Å². The Hall–Kier alpha value is -2.64. The summed E-state index contributed by atoms with van der Waals surface area (Å²) in [7, 11) is 0. The number of alkyl carbamates (subject to hydrolysis) is 1. The van der Waals surface area contributed by atoms with E-state index >= 15 is 0 Å². The maximum Gasteiger partial charge on any atom is 0.407 e. The maximum atomic E-state index is 13.0. The van der Waals surface area contributed by atoms with E-state index in [0.717, 1.165) is 30.4 Å². The second-order valence-electron chi connectivity index (χ2n) is 9.86. The SMILES string of the molecule is CC(C)Cn1ncc2cc(C(=O)NC(C)(CNC(=O)OC(C)(C)C)C3CC3)cnc21. The Balaban J connectivity index is 1.69. The van der Waals surface area contributed by atoms with Crippen LogP contribution in [0, 0.1) is 11.8 Å². The van der Waals surface area contributed by atoms with E-state index in [1.165, 1.54) is 0 Å². The fourth-order valence-electron chi connectivity index (χ4n) is 3.49. The molecule has 1 aliphatic carbocycles. The number of hydrogen-bond acceptors (Lipinski definition) is 5. The predicted molar refractivity (Wildman–Crippen MR) is 115 cm³/mol. The molecule has 164 valence electrons. The average molecular weight is 416 g/mol. The number of carbonyl (C=O) groups excluding carboxylic acids is 2. The number of amides is 2. The zero-order valence-corrected chi connectivity index (χ0v) is 18.8. The van der Waals surface area contributed by atoms with Crippen LogP contribution in [0.3, 0.4) is 0 Å². The van der Waals surface area contributed by atoms with Gasteiger partial charge in [-0.2, -0.15) is 5.10 Å². The van der Waals surface area contributed by atoms with Gasteiger partial charge in [0.15, 0.2) is 5.65 Å². The van der Waals surface area contributed by atoms with Gasteiger partial charge in [-0.1, -0.05) is 13.8 Å². The van der Waals surface area contributed by atoms with Gasteiger partial charge < -0.3 is 15.4 Å². The summed E-state index contributed by atoms with van der Waals surface area (Å²) >= 11 is 0. The molecule has 1 aliphatic rings. The van der Waals surface area contributed by atoms with Gasteiger partial charge >= 0.3 is 6.09 Å². The number of aromatic nitrogens is 3. The number of nitrogens with one attached hydrogen (secondary N) is 2. The van der Waals surface area contributed by atoms with Crippen molar-refractivity contribution < 1.29 is 14.3 Å². The van der Waals surface area contributed by atoms with Crippen LogP contribution in [-0.4, -0.2) is 44.4 Å². The Labute approximate surface area is 177 Å². The molecule has 1 unspecified atom stereocenters. The number of ether oxygens (including phenoxy) is 1. The van der Waals surface area contributed by atoms with Crippen molar-refractivity contribution in [2.24, 2.45) is 11.8 Å². The molecule has 0 aromatic carbocycles. The second kappa shape index (κ2) is 8.24. The van der Waals surface area contributed by atoms with Crippen LogP contribution in [0.5, 0.6) is 0 Å². The Morgan fingerprint density at radius 3 is 2.53 bits per heavy atom. The van der Waals surface area contributed by atoms with Crippen molar-refractivity contribution in [3.8, 4) is 0 Å². The van der Waals surface area contributed by atoms with Gasteiger partial charge in [-0.3, -0.25) is 4.79 Å². The van der Waals surface area contributed by atoms with Gasteiger partial charge in [-0.25, -0.2) is 14.5 Å². The molecule has 30 heavy (non-hydrogen) atoms. The fraction of sp³-hybridized carbons (Fsp3) is 0.636. The van der Waals surface area contributed by atoms with Crippen molar-refractivity contribution in [1.29, 1.82) is 0 Å². The predicted octanol–water partition coefficient (Wildman–Crippen LogP) is 3.51. The van der Waals surface area contributed by atoms with Crippen LogP contribution in [0.25, 0.3) is 11.0 Å². The van der Waals surface area contributed by atoms with Crippen molar-refractivity contribution in [3.63, 3.8) is 0 Å².